The van der Waals surface area contributed by atoms with Crippen molar-refractivity contribution >= 4 is 12.0 Å². The van der Waals surface area contributed by atoms with Gasteiger partial charge >= 0.3 is 6.09 Å². The zero-order valence-electron chi connectivity index (χ0n) is 15.7. The van der Waals surface area contributed by atoms with Crippen LogP contribution in [-0.4, -0.2) is 60.6 Å². The molecule has 1 unspecified atom stereocenters. The van der Waals surface area contributed by atoms with Crippen molar-refractivity contribution in [2.24, 2.45) is 5.92 Å². The molecule has 1 N–H and O–H groups in total. The summed E-state index contributed by atoms with van der Waals surface area (Å²) in [6.07, 6.45) is -0.296. The first kappa shape index (κ1) is 20.2. The summed E-state index contributed by atoms with van der Waals surface area (Å²) < 4.78 is 18.9. The summed E-state index contributed by atoms with van der Waals surface area (Å²) in [6.45, 7) is 8.65. The van der Waals surface area contributed by atoms with E-state index in [4.69, 9.17) is 4.74 Å². The summed E-state index contributed by atoms with van der Waals surface area (Å²) in [5, 5.41) is 2.78. The smallest absolute Gasteiger partial charge is 0.409 e. The van der Waals surface area contributed by atoms with Crippen molar-refractivity contribution in [3.8, 4) is 0 Å². The minimum absolute atomic E-state index is 0.149. The molecule has 1 aromatic carbocycles. The fourth-order valence-electron chi connectivity index (χ4n) is 2.76. The second-order valence-electron chi connectivity index (χ2n) is 6.98. The van der Waals surface area contributed by atoms with Gasteiger partial charge in [-0.1, -0.05) is 32.0 Å². The van der Waals surface area contributed by atoms with Crippen molar-refractivity contribution in [1.29, 1.82) is 0 Å². The zero-order valence-corrected chi connectivity index (χ0v) is 15.7. The van der Waals surface area contributed by atoms with Gasteiger partial charge in [-0.2, -0.15) is 0 Å². The number of benzene rings is 1. The molecule has 0 aliphatic carbocycles. The Balaban J connectivity index is 1.76. The molecular formula is C19H28FN3O3. The Morgan fingerprint density at radius 1 is 1.15 bits per heavy atom. The van der Waals surface area contributed by atoms with Crippen LogP contribution in [0.2, 0.25) is 0 Å². The van der Waals surface area contributed by atoms with Gasteiger partial charge < -0.3 is 15.0 Å². The summed E-state index contributed by atoms with van der Waals surface area (Å²) in [6, 6.07) is 6.06. The van der Waals surface area contributed by atoms with Gasteiger partial charge in [0, 0.05) is 38.3 Å². The van der Waals surface area contributed by atoms with Gasteiger partial charge in [-0.25, -0.2) is 9.18 Å². The minimum Gasteiger partial charge on any atom is -0.449 e. The van der Waals surface area contributed by atoms with Crippen LogP contribution in [0.3, 0.4) is 0 Å². The number of carbonyl (C=O) groups excluding carboxylic acids is 2. The van der Waals surface area contributed by atoms with Gasteiger partial charge in [0.1, 0.15) is 5.82 Å². The molecule has 0 spiro atoms. The van der Waals surface area contributed by atoms with Gasteiger partial charge in [-0.15, -0.1) is 0 Å². The van der Waals surface area contributed by atoms with Gasteiger partial charge in [0.05, 0.1) is 12.6 Å². The molecule has 0 aromatic heterocycles. The van der Waals surface area contributed by atoms with E-state index in [1.807, 2.05) is 25.7 Å². The molecule has 1 saturated heterocycles. The summed E-state index contributed by atoms with van der Waals surface area (Å²) in [5.74, 6) is -0.170. The fraction of sp³-hybridized carbons (Fsp3) is 0.579. The molecule has 1 fully saturated rings. The highest BCUT2D eigenvalue weighted by Crippen LogP contribution is 2.10. The van der Waals surface area contributed by atoms with Gasteiger partial charge in [-0.3, -0.25) is 9.69 Å². The molecule has 144 valence electrons. The number of piperazine rings is 1. The van der Waals surface area contributed by atoms with E-state index < -0.39 is 0 Å². The van der Waals surface area contributed by atoms with Crippen LogP contribution in [0.25, 0.3) is 0 Å². The quantitative estimate of drug-likeness (QED) is 0.840. The third-order valence-electron chi connectivity index (χ3n) is 4.45. The molecule has 1 aliphatic heterocycles. The number of hydrogen-bond donors (Lipinski definition) is 1. The van der Waals surface area contributed by atoms with Crippen molar-refractivity contribution in [3.63, 3.8) is 0 Å². The van der Waals surface area contributed by atoms with E-state index in [0.29, 0.717) is 44.3 Å². The molecule has 2 rings (SSSR count). The highest BCUT2D eigenvalue weighted by Gasteiger charge is 2.28. The summed E-state index contributed by atoms with van der Waals surface area (Å²) >= 11 is 0. The summed E-state index contributed by atoms with van der Waals surface area (Å²) in [5.41, 5.74) is 0.464. The lowest BCUT2D eigenvalue weighted by Gasteiger charge is -2.36. The van der Waals surface area contributed by atoms with Gasteiger partial charge in [0.25, 0.3) is 0 Å². The van der Waals surface area contributed by atoms with Crippen LogP contribution in [0.15, 0.2) is 24.3 Å². The molecule has 2 amide bonds. The monoisotopic (exact) mass is 365 g/mol. The highest BCUT2D eigenvalue weighted by atomic mass is 19.1. The predicted molar refractivity (Wildman–Crippen MR) is 97.0 cm³/mol. The van der Waals surface area contributed by atoms with E-state index in [1.165, 1.54) is 6.07 Å². The molecule has 6 nitrogen and oxygen atoms in total. The molecule has 1 atom stereocenters. The Bertz CT molecular complexity index is 616. The normalized spacial score (nSPS) is 16.4. The molecule has 1 aliphatic rings. The lowest BCUT2D eigenvalue weighted by molar-refractivity contribution is -0.126. The van der Waals surface area contributed by atoms with Crippen LogP contribution in [0.4, 0.5) is 9.18 Å². The molecule has 7 heteroatoms. The second kappa shape index (κ2) is 9.52. The fourth-order valence-corrected chi connectivity index (χ4v) is 2.76. The average molecular weight is 365 g/mol. The van der Waals surface area contributed by atoms with E-state index in [1.54, 1.807) is 23.1 Å². The van der Waals surface area contributed by atoms with Crippen molar-refractivity contribution in [3.05, 3.63) is 35.6 Å². The minimum atomic E-state index is -0.337. The van der Waals surface area contributed by atoms with E-state index >= 15 is 0 Å². The van der Waals surface area contributed by atoms with Gasteiger partial charge in [0.2, 0.25) is 5.91 Å². The van der Waals surface area contributed by atoms with E-state index in [2.05, 4.69) is 5.32 Å². The standard InChI is InChI=1S/C19H28FN3O3/c1-14(2)13-26-19(25)23-10-8-22(9-11-23)15(3)18(24)21-12-16-6-4-5-7-17(16)20/h4-7,14-15H,8-13H2,1-3H3,(H,21,24). The van der Waals surface area contributed by atoms with Crippen LogP contribution < -0.4 is 5.32 Å². The topological polar surface area (TPSA) is 61.9 Å². The number of hydrogen-bond acceptors (Lipinski definition) is 4. The maximum Gasteiger partial charge on any atom is 0.409 e. The lowest BCUT2D eigenvalue weighted by Crippen LogP contribution is -2.55. The third kappa shape index (κ3) is 5.69. The third-order valence-corrected chi connectivity index (χ3v) is 4.45. The van der Waals surface area contributed by atoms with Crippen molar-refractivity contribution in [1.82, 2.24) is 15.1 Å². The number of rotatable bonds is 6. The van der Waals surface area contributed by atoms with Crippen LogP contribution >= 0.6 is 0 Å². The van der Waals surface area contributed by atoms with Crippen LogP contribution in [0, 0.1) is 11.7 Å². The number of nitrogens with one attached hydrogen (secondary N) is 1. The first-order valence-corrected chi connectivity index (χ1v) is 9.05. The summed E-state index contributed by atoms with van der Waals surface area (Å²) in [4.78, 5) is 28.0. The maximum atomic E-state index is 13.6. The Morgan fingerprint density at radius 2 is 1.81 bits per heavy atom. The van der Waals surface area contributed by atoms with Crippen LogP contribution in [-0.2, 0) is 16.1 Å². The van der Waals surface area contributed by atoms with Gasteiger partial charge in [0.15, 0.2) is 0 Å². The Hall–Kier alpha value is -2.15. The van der Waals surface area contributed by atoms with Crippen LogP contribution in [0.1, 0.15) is 26.3 Å². The van der Waals surface area contributed by atoms with Gasteiger partial charge in [-0.05, 0) is 18.9 Å². The number of carbonyl (C=O) groups is 2. The van der Waals surface area contributed by atoms with E-state index in [-0.39, 0.29) is 30.4 Å². The summed E-state index contributed by atoms with van der Waals surface area (Å²) in [7, 11) is 0. The predicted octanol–water partition coefficient (Wildman–Crippen LogP) is 2.24. The van der Waals surface area contributed by atoms with Crippen molar-refractivity contribution in [2.75, 3.05) is 32.8 Å². The molecule has 0 bridgehead atoms. The average Bonchev–Trinajstić information content (AvgIpc) is 2.64. The molecule has 26 heavy (non-hydrogen) atoms. The Labute approximate surface area is 154 Å². The molecular weight excluding hydrogens is 337 g/mol. The van der Waals surface area contributed by atoms with Crippen molar-refractivity contribution in [2.45, 2.75) is 33.4 Å². The zero-order chi connectivity index (χ0) is 19.1. The lowest BCUT2D eigenvalue weighted by atomic mass is 10.2. The Morgan fingerprint density at radius 3 is 2.42 bits per heavy atom. The Kier molecular flexibility index (Phi) is 7.38. The van der Waals surface area contributed by atoms with E-state index in [9.17, 15) is 14.0 Å². The van der Waals surface area contributed by atoms with E-state index in [0.717, 1.165) is 0 Å². The number of ether oxygens (including phenoxy) is 1. The number of nitrogens with zero attached hydrogens (tertiary/aromatic N) is 2. The number of amides is 2. The second-order valence-corrected chi connectivity index (χ2v) is 6.98. The molecule has 0 radical (unpaired) electrons. The first-order valence-electron chi connectivity index (χ1n) is 9.05. The first-order chi connectivity index (χ1) is 12.4. The molecule has 1 heterocycles. The highest BCUT2D eigenvalue weighted by molar-refractivity contribution is 5.81. The van der Waals surface area contributed by atoms with Crippen molar-refractivity contribution < 1.29 is 18.7 Å². The molecule has 1 aromatic rings. The largest absolute Gasteiger partial charge is 0.449 e. The van der Waals surface area contributed by atoms with Crippen LogP contribution in [0.5, 0.6) is 0 Å². The molecule has 0 saturated carbocycles. The maximum absolute atomic E-state index is 13.6. The number of halogens is 1. The SMILES string of the molecule is CC(C)COC(=O)N1CCN(C(C)C(=O)NCc2ccccc2F)CC1.